The molecule has 3 rings (SSSR count). The largest absolute Gasteiger partial charge is 0.336 e. The van der Waals surface area contributed by atoms with E-state index in [2.05, 4.69) is 21.2 Å². The standard InChI is InChI=1S/C15H16N4OS3/c1-9(14-16-11-6-4-5-7-12(11)23-14)19(3)13(20)8-21-15-18-17-10(2)22-15/h4-7,9H,8H2,1-3H3/t9-/m1/s1. The average Bonchev–Trinajstić information content (AvgIpc) is 3.16. The maximum absolute atomic E-state index is 12.4. The monoisotopic (exact) mass is 364 g/mol. The fraction of sp³-hybridized carbons (Fsp3) is 0.333. The Labute approximate surface area is 146 Å². The fourth-order valence-electron chi connectivity index (χ4n) is 2.01. The van der Waals surface area contributed by atoms with Gasteiger partial charge in [-0.15, -0.1) is 21.5 Å². The molecule has 2 heterocycles. The summed E-state index contributed by atoms with van der Waals surface area (Å²) in [6, 6.07) is 7.99. The molecule has 1 atom stereocenters. The average molecular weight is 365 g/mol. The molecule has 3 aromatic rings. The zero-order valence-corrected chi connectivity index (χ0v) is 15.5. The normalized spacial score (nSPS) is 12.5. The Kier molecular flexibility index (Phi) is 4.93. The number of aryl methyl sites for hydroxylation is 1. The van der Waals surface area contributed by atoms with Gasteiger partial charge in [0, 0.05) is 7.05 Å². The second-order valence-corrected chi connectivity index (χ2v) is 8.54. The van der Waals surface area contributed by atoms with Crippen LogP contribution in [0.2, 0.25) is 0 Å². The fourth-order valence-corrected chi connectivity index (χ4v) is 4.81. The van der Waals surface area contributed by atoms with Gasteiger partial charge in [0.1, 0.15) is 10.0 Å². The summed E-state index contributed by atoms with van der Waals surface area (Å²) >= 11 is 4.58. The van der Waals surface area contributed by atoms with Crippen molar-refractivity contribution in [2.45, 2.75) is 24.2 Å². The lowest BCUT2D eigenvalue weighted by molar-refractivity contribution is -0.128. The Balaban J connectivity index is 1.65. The first-order valence-corrected chi connectivity index (χ1v) is 9.70. The Morgan fingerprint density at radius 3 is 2.78 bits per heavy atom. The number of aromatic nitrogens is 3. The number of carbonyl (C=O) groups is 1. The molecule has 0 saturated heterocycles. The molecule has 0 spiro atoms. The minimum Gasteiger partial charge on any atom is -0.336 e. The van der Waals surface area contributed by atoms with Crippen LogP contribution in [0, 0.1) is 6.92 Å². The van der Waals surface area contributed by atoms with Crippen LogP contribution in [-0.2, 0) is 4.79 Å². The van der Waals surface area contributed by atoms with E-state index in [4.69, 9.17) is 0 Å². The molecule has 0 radical (unpaired) electrons. The molecule has 0 N–H and O–H groups in total. The lowest BCUT2D eigenvalue weighted by Gasteiger charge is -2.22. The second-order valence-electron chi connectivity index (χ2n) is 5.08. The van der Waals surface area contributed by atoms with Crippen LogP contribution in [0.5, 0.6) is 0 Å². The van der Waals surface area contributed by atoms with Crippen molar-refractivity contribution in [1.82, 2.24) is 20.1 Å². The highest BCUT2D eigenvalue weighted by Gasteiger charge is 2.21. The van der Waals surface area contributed by atoms with Crippen molar-refractivity contribution in [1.29, 1.82) is 0 Å². The molecular formula is C15H16N4OS3. The third kappa shape index (κ3) is 3.70. The molecule has 1 amide bonds. The number of thioether (sulfide) groups is 1. The van der Waals surface area contributed by atoms with E-state index >= 15 is 0 Å². The summed E-state index contributed by atoms with van der Waals surface area (Å²) in [4.78, 5) is 18.8. The molecule has 2 aromatic heterocycles. The van der Waals surface area contributed by atoms with Gasteiger partial charge in [-0.3, -0.25) is 4.79 Å². The van der Waals surface area contributed by atoms with Crippen molar-refractivity contribution in [3.8, 4) is 0 Å². The lowest BCUT2D eigenvalue weighted by Crippen LogP contribution is -2.31. The number of rotatable bonds is 5. The molecule has 1 aromatic carbocycles. The van der Waals surface area contributed by atoms with E-state index < -0.39 is 0 Å². The van der Waals surface area contributed by atoms with Crippen molar-refractivity contribution < 1.29 is 4.79 Å². The first-order valence-electron chi connectivity index (χ1n) is 7.08. The quantitative estimate of drug-likeness (QED) is 0.645. The maximum atomic E-state index is 12.4. The van der Waals surface area contributed by atoms with Crippen molar-refractivity contribution in [3.05, 3.63) is 34.3 Å². The van der Waals surface area contributed by atoms with Gasteiger partial charge in [0.15, 0.2) is 4.34 Å². The molecule has 0 fully saturated rings. The van der Waals surface area contributed by atoms with Gasteiger partial charge in [-0.05, 0) is 26.0 Å². The Bertz CT molecular complexity index is 796. The zero-order chi connectivity index (χ0) is 16.4. The molecule has 0 aliphatic rings. The number of carbonyl (C=O) groups excluding carboxylic acids is 1. The molecular weight excluding hydrogens is 348 g/mol. The van der Waals surface area contributed by atoms with Gasteiger partial charge in [0.2, 0.25) is 5.91 Å². The number of hydrogen-bond donors (Lipinski definition) is 0. The van der Waals surface area contributed by atoms with E-state index in [9.17, 15) is 4.79 Å². The molecule has 0 aliphatic carbocycles. The van der Waals surface area contributed by atoms with E-state index in [1.54, 1.807) is 16.2 Å². The zero-order valence-electron chi connectivity index (χ0n) is 13.0. The van der Waals surface area contributed by atoms with Crippen LogP contribution in [0.1, 0.15) is 23.0 Å². The number of fused-ring (bicyclic) bond motifs is 1. The molecule has 120 valence electrons. The SMILES string of the molecule is Cc1nnc(SCC(=O)N(C)[C@H](C)c2nc3ccccc3s2)s1. The smallest absolute Gasteiger partial charge is 0.233 e. The Hall–Kier alpha value is -1.51. The van der Waals surface area contributed by atoms with Crippen LogP contribution < -0.4 is 0 Å². The highest BCUT2D eigenvalue weighted by atomic mass is 32.2. The van der Waals surface area contributed by atoms with Crippen LogP contribution in [0.4, 0.5) is 0 Å². The first-order chi connectivity index (χ1) is 11.0. The van der Waals surface area contributed by atoms with Gasteiger partial charge in [-0.25, -0.2) is 4.98 Å². The number of amides is 1. The maximum Gasteiger partial charge on any atom is 0.233 e. The highest BCUT2D eigenvalue weighted by molar-refractivity contribution is 8.01. The van der Waals surface area contributed by atoms with Crippen LogP contribution in [0.3, 0.4) is 0 Å². The van der Waals surface area contributed by atoms with Gasteiger partial charge < -0.3 is 4.90 Å². The molecule has 5 nitrogen and oxygen atoms in total. The molecule has 8 heteroatoms. The Morgan fingerprint density at radius 2 is 2.09 bits per heavy atom. The minimum absolute atomic E-state index is 0.0448. The first kappa shape index (κ1) is 16.4. The summed E-state index contributed by atoms with van der Waals surface area (Å²) in [6.45, 7) is 3.92. The number of nitrogens with zero attached hydrogens (tertiary/aromatic N) is 4. The number of benzene rings is 1. The van der Waals surface area contributed by atoms with Crippen LogP contribution >= 0.6 is 34.4 Å². The summed E-state index contributed by atoms with van der Waals surface area (Å²) in [5.74, 6) is 0.426. The van der Waals surface area contributed by atoms with E-state index in [0.29, 0.717) is 5.75 Å². The predicted octanol–water partition coefficient (Wildman–Crippen LogP) is 3.77. The van der Waals surface area contributed by atoms with Gasteiger partial charge in [-0.1, -0.05) is 35.2 Å². The van der Waals surface area contributed by atoms with Gasteiger partial charge in [0.05, 0.1) is 22.0 Å². The number of para-hydroxylation sites is 1. The molecule has 0 unspecified atom stereocenters. The third-order valence-corrected chi connectivity index (χ3v) is 6.63. The predicted molar refractivity (Wildman–Crippen MR) is 96.2 cm³/mol. The summed E-state index contributed by atoms with van der Waals surface area (Å²) in [6.07, 6.45) is 0. The molecule has 23 heavy (non-hydrogen) atoms. The molecule has 0 saturated carbocycles. The van der Waals surface area contributed by atoms with Gasteiger partial charge >= 0.3 is 0 Å². The van der Waals surface area contributed by atoms with Crippen LogP contribution in [-0.4, -0.2) is 38.8 Å². The topological polar surface area (TPSA) is 59.0 Å². The van der Waals surface area contributed by atoms with Gasteiger partial charge in [-0.2, -0.15) is 0 Å². The molecule has 0 bridgehead atoms. The summed E-state index contributed by atoms with van der Waals surface area (Å²) < 4.78 is 1.98. The van der Waals surface area contributed by atoms with Crippen molar-refractivity contribution in [2.75, 3.05) is 12.8 Å². The third-order valence-electron chi connectivity index (χ3n) is 3.47. The highest BCUT2D eigenvalue weighted by Crippen LogP contribution is 2.29. The van der Waals surface area contributed by atoms with Crippen molar-refractivity contribution >= 4 is 50.6 Å². The molecule has 0 aliphatic heterocycles. The van der Waals surface area contributed by atoms with Crippen molar-refractivity contribution in [2.24, 2.45) is 0 Å². The van der Waals surface area contributed by atoms with E-state index in [1.807, 2.05) is 39.1 Å². The minimum atomic E-state index is -0.0448. The van der Waals surface area contributed by atoms with Crippen LogP contribution in [0.15, 0.2) is 28.6 Å². The second kappa shape index (κ2) is 6.94. The van der Waals surface area contributed by atoms with Crippen LogP contribution in [0.25, 0.3) is 10.2 Å². The summed E-state index contributed by atoms with van der Waals surface area (Å²) in [5.41, 5.74) is 0.985. The van der Waals surface area contributed by atoms with Gasteiger partial charge in [0.25, 0.3) is 0 Å². The van der Waals surface area contributed by atoms with E-state index in [0.717, 1.165) is 24.6 Å². The number of thiazole rings is 1. The number of hydrogen-bond acceptors (Lipinski definition) is 7. The van der Waals surface area contributed by atoms with E-state index in [-0.39, 0.29) is 11.9 Å². The summed E-state index contributed by atoms with van der Waals surface area (Å²) in [7, 11) is 1.82. The summed E-state index contributed by atoms with van der Waals surface area (Å²) in [5, 5.41) is 9.86. The Morgan fingerprint density at radius 1 is 1.30 bits per heavy atom. The lowest BCUT2D eigenvalue weighted by atomic mass is 10.3. The van der Waals surface area contributed by atoms with E-state index in [1.165, 1.54) is 23.1 Å². The van der Waals surface area contributed by atoms with Crippen molar-refractivity contribution in [3.63, 3.8) is 0 Å².